The van der Waals surface area contributed by atoms with Crippen molar-refractivity contribution in [3.05, 3.63) is 11.9 Å². The van der Waals surface area contributed by atoms with Crippen LogP contribution in [0.3, 0.4) is 0 Å². The van der Waals surface area contributed by atoms with Crippen LogP contribution in [0.15, 0.2) is 6.20 Å². The van der Waals surface area contributed by atoms with Gasteiger partial charge in [0.2, 0.25) is 5.91 Å². The molecule has 0 aromatic carbocycles. The van der Waals surface area contributed by atoms with E-state index in [0.29, 0.717) is 25.4 Å². The Morgan fingerprint density at radius 3 is 2.62 bits per heavy atom. The molecule has 0 aliphatic rings. The molecule has 0 fully saturated rings. The lowest BCUT2D eigenvalue weighted by Crippen LogP contribution is -2.29. The maximum Gasteiger partial charge on any atom is 0.358 e. The molecule has 7 heteroatoms. The number of carbonyl (C=O) groups excluding carboxylic acids is 1. The van der Waals surface area contributed by atoms with Crippen molar-refractivity contribution in [1.29, 1.82) is 0 Å². The largest absolute Gasteiger partial charge is 0.476 e. The third-order valence-corrected chi connectivity index (χ3v) is 2.92. The van der Waals surface area contributed by atoms with E-state index in [1.165, 1.54) is 10.9 Å². The van der Waals surface area contributed by atoms with Gasteiger partial charge in [-0.05, 0) is 17.8 Å². The molecule has 1 rings (SSSR count). The summed E-state index contributed by atoms with van der Waals surface area (Å²) in [6.07, 6.45) is 2.83. The van der Waals surface area contributed by atoms with Crippen LogP contribution in [0.5, 0.6) is 0 Å². The van der Waals surface area contributed by atoms with Gasteiger partial charge in [-0.1, -0.05) is 32.9 Å². The Hall–Kier alpha value is -1.92. The summed E-state index contributed by atoms with van der Waals surface area (Å²) in [6.45, 7) is 9.36. The number of nitrogens with zero attached hydrogens (tertiary/aromatic N) is 3. The second-order valence-corrected chi connectivity index (χ2v) is 6.60. The molecule has 0 radical (unpaired) electrons. The molecule has 0 spiro atoms. The Kier molecular flexibility index (Phi) is 5.87. The molecule has 0 aliphatic carbocycles. The minimum absolute atomic E-state index is 0.00493. The van der Waals surface area contributed by atoms with Crippen molar-refractivity contribution in [1.82, 2.24) is 20.3 Å². The topological polar surface area (TPSA) is 97.1 Å². The second kappa shape index (κ2) is 7.19. The summed E-state index contributed by atoms with van der Waals surface area (Å²) in [5, 5.41) is 18.7. The van der Waals surface area contributed by atoms with Crippen LogP contribution in [0, 0.1) is 11.3 Å². The molecule has 21 heavy (non-hydrogen) atoms. The summed E-state index contributed by atoms with van der Waals surface area (Å²) in [5.74, 6) is -0.776. The lowest BCUT2D eigenvalue weighted by atomic mass is 9.84. The normalized spacial score (nSPS) is 13.0. The maximum absolute atomic E-state index is 11.8. The summed E-state index contributed by atoms with van der Waals surface area (Å²) in [4.78, 5) is 22.4. The molecular weight excluding hydrogens is 272 g/mol. The third-order valence-electron chi connectivity index (χ3n) is 2.92. The number of carboxylic acid groups (broad SMARTS) is 1. The van der Waals surface area contributed by atoms with Gasteiger partial charge in [0.05, 0.1) is 12.7 Å². The molecule has 1 aromatic rings. The second-order valence-electron chi connectivity index (χ2n) is 6.60. The van der Waals surface area contributed by atoms with Crippen molar-refractivity contribution in [2.45, 2.75) is 47.1 Å². The summed E-state index contributed by atoms with van der Waals surface area (Å²) in [6, 6.07) is 0. The van der Waals surface area contributed by atoms with Gasteiger partial charge in [0.15, 0.2) is 5.69 Å². The predicted octanol–water partition coefficient (Wildman–Crippen LogP) is 1.55. The lowest BCUT2D eigenvalue weighted by Gasteiger charge is -2.22. The first-order chi connectivity index (χ1) is 9.67. The van der Waals surface area contributed by atoms with E-state index in [1.807, 2.05) is 0 Å². The van der Waals surface area contributed by atoms with Crippen molar-refractivity contribution in [2.75, 3.05) is 6.54 Å². The molecule has 0 aliphatic heterocycles. The van der Waals surface area contributed by atoms with E-state index < -0.39 is 5.97 Å². The zero-order valence-electron chi connectivity index (χ0n) is 13.1. The molecule has 1 unspecified atom stereocenters. The van der Waals surface area contributed by atoms with Crippen LogP contribution >= 0.6 is 0 Å². The van der Waals surface area contributed by atoms with E-state index >= 15 is 0 Å². The van der Waals surface area contributed by atoms with Gasteiger partial charge >= 0.3 is 5.97 Å². The van der Waals surface area contributed by atoms with E-state index in [4.69, 9.17) is 5.11 Å². The van der Waals surface area contributed by atoms with Crippen LogP contribution in [-0.4, -0.2) is 38.5 Å². The van der Waals surface area contributed by atoms with Crippen LogP contribution in [-0.2, 0) is 11.3 Å². The maximum atomic E-state index is 11.8. The third kappa shape index (κ3) is 6.87. The number of hydrogen-bond acceptors (Lipinski definition) is 4. The molecule has 1 amide bonds. The lowest BCUT2D eigenvalue weighted by molar-refractivity contribution is -0.122. The highest BCUT2D eigenvalue weighted by Crippen LogP contribution is 2.25. The zero-order chi connectivity index (χ0) is 16.0. The van der Waals surface area contributed by atoms with Crippen LogP contribution in [0.1, 0.15) is 51.0 Å². The number of carbonyl (C=O) groups is 2. The van der Waals surface area contributed by atoms with Crippen LogP contribution in [0.2, 0.25) is 0 Å². The summed E-state index contributed by atoms with van der Waals surface area (Å²) < 4.78 is 1.41. The van der Waals surface area contributed by atoms with Gasteiger partial charge < -0.3 is 10.4 Å². The number of aromatic nitrogens is 3. The highest BCUT2D eigenvalue weighted by molar-refractivity contribution is 5.84. The monoisotopic (exact) mass is 296 g/mol. The van der Waals surface area contributed by atoms with Crippen LogP contribution < -0.4 is 5.32 Å². The van der Waals surface area contributed by atoms with Crippen LogP contribution in [0.4, 0.5) is 0 Å². The van der Waals surface area contributed by atoms with Gasteiger partial charge in [-0.15, -0.1) is 5.10 Å². The van der Waals surface area contributed by atoms with Crippen molar-refractivity contribution in [3.8, 4) is 0 Å². The van der Waals surface area contributed by atoms with Crippen molar-refractivity contribution in [3.63, 3.8) is 0 Å². The van der Waals surface area contributed by atoms with Crippen molar-refractivity contribution >= 4 is 11.9 Å². The van der Waals surface area contributed by atoms with Gasteiger partial charge in [-0.2, -0.15) is 0 Å². The van der Waals surface area contributed by atoms with Gasteiger partial charge in [-0.25, -0.2) is 9.48 Å². The van der Waals surface area contributed by atoms with Crippen molar-refractivity contribution in [2.24, 2.45) is 11.3 Å². The highest BCUT2D eigenvalue weighted by Gasteiger charge is 2.17. The average molecular weight is 296 g/mol. The Morgan fingerprint density at radius 2 is 2.10 bits per heavy atom. The van der Waals surface area contributed by atoms with Gasteiger partial charge in [0.25, 0.3) is 0 Å². The Balaban J connectivity index is 2.28. The first kappa shape index (κ1) is 17.1. The summed E-state index contributed by atoms with van der Waals surface area (Å²) >= 11 is 0. The van der Waals surface area contributed by atoms with E-state index in [1.54, 1.807) is 0 Å². The highest BCUT2D eigenvalue weighted by atomic mass is 16.4. The van der Waals surface area contributed by atoms with E-state index in [9.17, 15) is 9.59 Å². The minimum atomic E-state index is -1.11. The fourth-order valence-electron chi connectivity index (χ4n) is 2.32. The van der Waals surface area contributed by atoms with E-state index in [2.05, 4.69) is 43.3 Å². The molecule has 0 saturated heterocycles. The number of nitrogens with one attached hydrogen (secondary N) is 1. The smallest absolute Gasteiger partial charge is 0.358 e. The van der Waals surface area contributed by atoms with Gasteiger partial charge in [0.1, 0.15) is 0 Å². The number of rotatable bonds is 7. The molecule has 0 bridgehead atoms. The zero-order valence-corrected chi connectivity index (χ0v) is 13.1. The van der Waals surface area contributed by atoms with E-state index in [-0.39, 0.29) is 17.0 Å². The van der Waals surface area contributed by atoms with Gasteiger partial charge in [-0.3, -0.25) is 4.79 Å². The van der Waals surface area contributed by atoms with E-state index in [0.717, 1.165) is 6.42 Å². The quantitative estimate of drug-likeness (QED) is 0.795. The molecule has 1 heterocycles. The number of amides is 1. The minimum Gasteiger partial charge on any atom is -0.476 e. The molecule has 118 valence electrons. The van der Waals surface area contributed by atoms with Gasteiger partial charge in [0, 0.05) is 13.0 Å². The number of aromatic carboxylic acids is 1. The standard InChI is InChI=1S/C14H24N4O3/c1-10(8-14(2,3)4)7-12(19)15-5-6-18-9-11(13(20)21)16-17-18/h9-10H,5-8H2,1-4H3,(H,15,19)(H,20,21). The summed E-state index contributed by atoms with van der Waals surface area (Å²) in [7, 11) is 0. The fourth-order valence-corrected chi connectivity index (χ4v) is 2.32. The Bertz CT molecular complexity index is 491. The summed E-state index contributed by atoms with van der Waals surface area (Å²) in [5.41, 5.74) is 0.119. The molecule has 1 atom stereocenters. The molecule has 2 N–H and O–H groups in total. The Labute approximate surface area is 124 Å². The SMILES string of the molecule is CC(CC(=O)NCCn1cc(C(=O)O)nn1)CC(C)(C)C. The fraction of sp³-hybridized carbons (Fsp3) is 0.714. The number of carboxylic acids is 1. The Morgan fingerprint density at radius 1 is 1.43 bits per heavy atom. The number of hydrogen-bond donors (Lipinski definition) is 2. The molecular formula is C14H24N4O3. The van der Waals surface area contributed by atoms with Crippen molar-refractivity contribution < 1.29 is 14.7 Å². The van der Waals surface area contributed by atoms with Crippen LogP contribution in [0.25, 0.3) is 0 Å². The predicted molar refractivity (Wildman–Crippen MR) is 77.8 cm³/mol. The average Bonchev–Trinajstić information content (AvgIpc) is 2.74. The first-order valence-electron chi connectivity index (χ1n) is 7.07. The molecule has 1 aromatic heterocycles. The first-order valence-corrected chi connectivity index (χ1v) is 7.07. The molecule has 0 saturated carbocycles. The molecule has 7 nitrogen and oxygen atoms in total.